The fourth-order valence-electron chi connectivity index (χ4n) is 3.34. The number of carboxylic acid groups (broad SMARTS) is 1. The molecule has 1 fully saturated rings. The van der Waals surface area contributed by atoms with E-state index >= 15 is 0 Å². The van der Waals surface area contributed by atoms with Crippen molar-refractivity contribution in [1.82, 2.24) is 24.5 Å². The average molecular weight is 347 g/mol. The first-order valence-corrected chi connectivity index (χ1v) is 8.65. The number of rotatable bonds is 6. The quantitative estimate of drug-likeness (QED) is 0.823. The Kier molecular flexibility index (Phi) is 5.03. The lowest BCUT2D eigenvalue weighted by atomic mass is 10.1. The Morgan fingerprint density at radius 2 is 2.28 bits per heavy atom. The predicted molar refractivity (Wildman–Crippen MR) is 95.2 cm³/mol. The lowest BCUT2D eigenvalue weighted by Crippen LogP contribution is -2.37. The topological polar surface area (TPSA) is 98.9 Å². The number of hydrogen-bond donors (Lipinski definition) is 2. The number of amides is 1. The van der Waals surface area contributed by atoms with E-state index in [-0.39, 0.29) is 12.0 Å². The van der Waals surface area contributed by atoms with Gasteiger partial charge in [0.15, 0.2) is 5.82 Å². The van der Waals surface area contributed by atoms with E-state index in [2.05, 4.69) is 32.4 Å². The summed E-state index contributed by atoms with van der Waals surface area (Å²) in [5, 5.41) is 21.0. The maximum atomic E-state index is 11.5. The molecular formula is C16H25N7O2. The normalized spacial score (nSPS) is 18.2. The summed E-state index contributed by atoms with van der Waals surface area (Å²) >= 11 is 0. The molecule has 2 aromatic heterocycles. The molecule has 0 aliphatic carbocycles. The van der Waals surface area contributed by atoms with Crippen molar-refractivity contribution in [2.45, 2.75) is 45.2 Å². The van der Waals surface area contributed by atoms with Gasteiger partial charge in [0.25, 0.3) is 0 Å². The number of likely N-dealkylation sites (tertiary alicyclic amines) is 1. The molecule has 2 aromatic rings. The highest BCUT2D eigenvalue weighted by Gasteiger charge is 2.24. The van der Waals surface area contributed by atoms with E-state index in [1.54, 1.807) is 30.6 Å². The Labute approximate surface area is 146 Å². The molecule has 3 rings (SSSR count). The van der Waals surface area contributed by atoms with Crippen LogP contribution >= 0.6 is 0 Å². The molecule has 136 valence electrons. The summed E-state index contributed by atoms with van der Waals surface area (Å²) in [4.78, 5) is 19.4. The molecule has 1 aliphatic rings. The number of nitrogens with one attached hydrogen (secondary N) is 1. The van der Waals surface area contributed by atoms with E-state index in [1.807, 2.05) is 0 Å². The third-order valence-electron chi connectivity index (χ3n) is 4.69. The summed E-state index contributed by atoms with van der Waals surface area (Å²) in [6.45, 7) is 5.55. The van der Waals surface area contributed by atoms with Crippen molar-refractivity contribution in [3.05, 3.63) is 12.4 Å². The van der Waals surface area contributed by atoms with Crippen LogP contribution in [0.25, 0.3) is 5.65 Å². The largest absolute Gasteiger partial charge is 0.465 e. The standard InChI is InChI=1S/C16H25N7O2/c1-11(2)23(16(24)25)15-20-19-14-13(18-8-10-22(14)15)17-7-6-12-5-4-9-21(12)3/h8,10-12H,4-7,9H2,1-3H3,(H,17,18)(H,24,25). The van der Waals surface area contributed by atoms with Gasteiger partial charge in [0.2, 0.25) is 11.6 Å². The summed E-state index contributed by atoms with van der Waals surface area (Å²) in [6.07, 6.45) is 5.77. The number of hydrogen-bond acceptors (Lipinski definition) is 6. The minimum atomic E-state index is -1.06. The first-order valence-electron chi connectivity index (χ1n) is 8.65. The summed E-state index contributed by atoms with van der Waals surface area (Å²) in [6, 6.07) is 0.358. The minimum absolute atomic E-state index is 0.243. The Hall–Kier alpha value is -2.42. The summed E-state index contributed by atoms with van der Waals surface area (Å²) < 4.78 is 1.66. The number of fused-ring (bicyclic) bond motifs is 1. The highest BCUT2D eigenvalue weighted by atomic mass is 16.4. The molecule has 3 heterocycles. The molecular weight excluding hydrogens is 322 g/mol. The van der Waals surface area contributed by atoms with Gasteiger partial charge in [-0.25, -0.2) is 14.7 Å². The number of nitrogens with zero attached hydrogens (tertiary/aromatic N) is 6. The van der Waals surface area contributed by atoms with E-state index < -0.39 is 6.09 Å². The number of anilines is 2. The van der Waals surface area contributed by atoms with Crippen molar-refractivity contribution in [2.24, 2.45) is 0 Å². The molecule has 1 aliphatic heterocycles. The van der Waals surface area contributed by atoms with Crippen molar-refractivity contribution >= 4 is 23.5 Å². The third-order valence-corrected chi connectivity index (χ3v) is 4.69. The Morgan fingerprint density at radius 3 is 2.92 bits per heavy atom. The van der Waals surface area contributed by atoms with Crippen LogP contribution in [0.15, 0.2) is 12.4 Å². The van der Waals surface area contributed by atoms with Crippen LogP contribution in [0.4, 0.5) is 16.6 Å². The Balaban J connectivity index is 1.77. The molecule has 2 N–H and O–H groups in total. The third kappa shape index (κ3) is 3.51. The van der Waals surface area contributed by atoms with Gasteiger partial charge in [-0.1, -0.05) is 0 Å². The highest BCUT2D eigenvalue weighted by Crippen LogP contribution is 2.21. The molecule has 0 radical (unpaired) electrons. The summed E-state index contributed by atoms with van der Waals surface area (Å²) in [7, 11) is 2.16. The van der Waals surface area contributed by atoms with Crippen LogP contribution in [-0.2, 0) is 0 Å². The van der Waals surface area contributed by atoms with E-state index in [0.29, 0.717) is 17.5 Å². The van der Waals surface area contributed by atoms with Crippen LogP contribution in [0.2, 0.25) is 0 Å². The van der Waals surface area contributed by atoms with Crippen LogP contribution in [0.5, 0.6) is 0 Å². The average Bonchev–Trinajstić information content (AvgIpc) is 3.15. The van der Waals surface area contributed by atoms with Gasteiger partial charge >= 0.3 is 6.09 Å². The predicted octanol–water partition coefficient (Wildman–Crippen LogP) is 1.91. The van der Waals surface area contributed by atoms with Gasteiger partial charge in [-0.05, 0) is 46.7 Å². The van der Waals surface area contributed by atoms with E-state index in [9.17, 15) is 9.90 Å². The van der Waals surface area contributed by atoms with Gasteiger partial charge < -0.3 is 15.3 Å². The Morgan fingerprint density at radius 1 is 1.48 bits per heavy atom. The molecule has 9 heteroatoms. The first-order chi connectivity index (χ1) is 12.0. The maximum Gasteiger partial charge on any atom is 0.414 e. The second-order valence-corrected chi connectivity index (χ2v) is 6.71. The van der Waals surface area contributed by atoms with Crippen molar-refractivity contribution in [3.63, 3.8) is 0 Å². The first kappa shape index (κ1) is 17.4. The summed E-state index contributed by atoms with van der Waals surface area (Å²) in [5.41, 5.74) is 0.532. The zero-order valence-corrected chi connectivity index (χ0v) is 14.9. The van der Waals surface area contributed by atoms with Crippen molar-refractivity contribution in [2.75, 3.05) is 30.4 Å². The molecule has 0 bridgehead atoms. The Bertz CT molecular complexity index is 745. The van der Waals surface area contributed by atoms with Gasteiger partial charge in [-0.2, -0.15) is 0 Å². The van der Waals surface area contributed by atoms with Gasteiger partial charge in [-0.15, -0.1) is 10.2 Å². The smallest absolute Gasteiger partial charge is 0.414 e. The second-order valence-electron chi connectivity index (χ2n) is 6.71. The zero-order valence-electron chi connectivity index (χ0n) is 14.9. The van der Waals surface area contributed by atoms with Crippen LogP contribution in [0.3, 0.4) is 0 Å². The van der Waals surface area contributed by atoms with Crippen LogP contribution < -0.4 is 10.2 Å². The number of carbonyl (C=O) groups is 1. The lowest BCUT2D eigenvalue weighted by Gasteiger charge is -2.21. The van der Waals surface area contributed by atoms with Crippen molar-refractivity contribution in [3.8, 4) is 0 Å². The maximum absolute atomic E-state index is 11.5. The van der Waals surface area contributed by atoms with Gasteiger partial charge in [0.05, 0.1) is 0 Å². The van der Waals surface area contributed by atoms with E-state index in [0.717, 1.165) is 19.5 Å². The van der Waals surface area contributed by atoms with Crippen molar-refractivity contribution < 1.29 is 9.90 Å². The van der Waals surface area contributed by atoms with E-state index in [1.165, 1.54) is 17.7 Å². The van der Waals surface area contributed by atoms with E-state index in [4.69, 9.17) is 0 Å². The number of aromatic nitrogens is 4. The zero-order chi connectivity index (χ0) is 18.0. The molecule has 1 saturated heterocycles. The summed E-state index contributed by atoms with van der Waals surface area (Å²) in [5.74, 6) is 0.898. The van der Waals surface area contributed by atoms with Gasteiger partial charge in [-0.3, -0.25) is 4.40 Å². The monoisotopic (exact) mass is 347 g/mol. The van der Waals surface area contributed by atoms with Crippen LogP contribution in [0, 0.1) is 0 Å². The van der Waals surface area contributed by atoms with Crippen molar-refractivity contribution in [1.29, 1.82) is 0 Å². The van der Waals surface area contributed by atoms with Crippen LogP contribution in [0.1, 0.15) is 33.1 Å². The lowest BCUT2D eigenvalue weighted by molar-refractivity contribution is 0.199. The molecule has 1 unspecified atom stereocenters. The fraction of sp³-hybridized carbons (Fsp3) is 0.625. The fourth-order valence-corrected chi connectivity index (χ4v) is 3.34. The molecule has 25 heavy (non-hydrogen) atoms. The molecule has 1 amide bonds. The highest BCUT2D eigenvalue weighted by molar-refractivity contribution is 5.85. The SMILES string of the molecule is CC(C)N(C(=O)O)c1nnc2c(NCCC3CCCN3C)nccn12. The molecule has 0 saturated carbocycles. The minimum Gasteiger partial charge on any atom is -0.465 e. The molecule has 9 nitrogen and oxygen atoms in total. The van der Waals surface area contributed by atoms with Gasteiger partial charge in [0, 0.05) is 31.0 Å². The molecule has 0 aromatic carbocycles. The molecule has 0 spiro atoms. The molecule has 1 atom stereocenters. The van der Waals surface area contributed by atoms with Crippen LogP contribution in [-0.4, -0.2) is 67.9 Å². The van der Waals surface area contributed by atoms with Gasteiger partial charge in [0.1, 0.15) is 0 Å². The second kappa shape index (κ2) is 7.22.